The fourth-order valence-electron chi connectivity index (χ4n) is 3.10. The summed E-state index contributed by atoms with van der Waals surface area (Å²) in [5.74, 6) is -0.174. The number of rotatable bonds is 8. The maximum Gasteiger partial charge on any atom is 0.263 e. The summed E-state index contributed by atoms with van der Waals surface area (Å²) < 4.78 is 7.73. The first kappa shape index (κ1) is 23.9. The van der Waals surface area contributed by atoms with Crippen molar-refractivity contribution >= 4 is 67.0 Å². The van der Waals surface area contributed by atoms with Gasteiger partial charge >= 0.3 is 0 Å². The molecule has 4 rings (SSSR count). The summed E-state index contributed by atoms with van der Waals surface area (Å²) in [5.41, 5.74) is 4.20. The van der Waals surface area contributed by atoms with Gasteiger partial charge in [0.05, 0.1) is 17.8 Å². The molecule has 6 nitrogen and oxygen atoms in total. The van der Waals surface area contributed by atoms with Crippen molar-refractivity contribution in [3.63, 3.8) is 0 Å². The largest absolute Gasteiger partial charge is 0.489 e. The molecule has 2 amide bonds. The van der Waals surface area contributed by atoms with Crippen LogP contribution in [0.25, 0.3) is 10.1 Å². The molecule has 0 atom stereocenters. The van der Waals surface area contributed by atoms with E-state index in [2.05, 4.69) is 31.8 Å². The van der Waals surface area contributed by atoms with Crippen LogP contribution in [0.15, 0.2) is 82.4 Å². The average Bonchev–Trinajstić information content (AvgIpc) is 3.18. The molecule has 1 aromatic heterocycles. The number of fused-ring (bicyclic) bond motifs is 1. The Morgan fingerprint density at radius 2 is 1.88 bits per heavy atom. The molecule has 0 fully saturated rings. The average molecular weight is 557 g/mol. The highest BCUT2D eigenvalue weighted by Gasteiger charge is 2.17. The fourth-order valence-corrected chi connectivity index (χ4v) is 4.98. The molecule has 0 saturated carbocycles. The van der Waals surface area contributed by atoms with Crippen LogP contribution in [0.2, 0.25) is 5.02 Å². The van der Waals surface area contributed by atoms with E-state index in [9.17, 15) is 9.59 Å². The van der Waals surface area contributed by atoms with Crippen molar-refractivity contribution in [2.45, 2.75) is 6.61 Å². The lowest BCUT2D eigenvalue weighted by atomic mass is 10.2. The second kappa shape index (κ2) is 11.3. The Hall–Kier alpha value is -3.20. The van der Waals surface area contributed by atoms with E-state index < -0.39 is 11.8 Å². The topological polar surface area (TPSA) is 79.8 Å². The summed E-state index contributed by atoms with van der Waals surface area (Å²) in [5, 5.41) is 7.73. The number of thiophene rings is 1. The van der Waals surface area contributed by atoms with Crippen LogP contribution in [0, 0.1) is 0 Å². The monoisotopic (exact) mass is 555 g/mol. The smallest absolute Gasteiger partial charge is 0.263 e. The van der Waals surface area contributed by atoms with Crippen LogP contribution in [-0.4, -0.2) is 24.6 Å². The van der Waals surface area contributed by atoms with E-state index in [1.807, 2.05) is 72.8 Å². The number of hydrazone groups is 1. The van der Waals surface area contributed by atoms with Gasteiger partial charge in [-0.25, -0.2) is 5.43 Å². The molecule has 0 bridgehead atoms. The molecule has 3 aromatic carbocycles. The number of hydrogen-bond donors (Lipinski definition) is 2. The number of nitrogens with one attached hydrogen (secondary N) is 2. The predicted octanol–water partition coefficient (Wildman–Crippen LogP) is 5.78. The first-order chi connectivity index (χ1) is 16.5. The quantitative estimate of drug-likeness (QED) is 0.213. The maximum absolute atomic E-state index is 12.4. The summed E-state index contributed by atoms with van der Waals surface area (Å²) in [4.78, 5) is 24.9. The lowest BCUT2D eigenvalue weighted by molar-refractivity contribution is -0.120. The van der Waals surface area contributed by atoms with Crippen molar-refractivity contribution in [1.82, 2.24) is 10.7 Å². The minimum atomic E-state index is -0.455. The van der Waals surface area contributed by atoms with Gasteiger partial charge in [0, 0.05) is 14.6 Å². The Morgan fingerprint density at radius 3 is 2.71 bits per heavy atom. The molecular weight excluding hydrogens is 538 g/mol. The third kappa shape index (κ3) is 6.22. The molecule has 4 aromatic rings. The molecule has 0 radical (unpaired) electrons. The zero-order valence-electron chi connectivity index (χ0n) is 17.8. The zero-order valence-corrected chi connectivity index (χ0v) is 20.9. The van der Waals surface area contributed by atoms with Gasteiger partial charge in [-0.2, -0.15) is 5.10 Å². The van der Waals surface area contributed by atoms with Crippen molar-refractivity contribution in [3.8, 4) is 5.75 Å². The molecule has 34 heavy (non-hydrogen) atoms. The van der Waals surface area contributed by atoms with Gasteiger partial charge in [-0.1, -0.05) is 70.0 Å². The van der Waals surface area contributed by atoms with E-state index in [0.29, 0.717) is 22.3 Å². The van der Waals surface area contributed by atoms with E-state index >= 15 is 0 Å². The van der Waals surface area contributed by atoms with Crippen LogP contribution < -0.4 is 15.5 Å². The number of ether oxygens (including phenoxy) is 1. The number of carbonyl (C=O) groups excluding carboxylic acids is 2. The molecule has 0 aliphatic rings. The van der Waals surface area contributed by atoms with Crippen LogP contribution in [0.1, 0.15) is 20.8 Å². The molecule has 9 heteroatoms. The normalized spacial score (nSPS) is 11.0. The minimum absolute atomic E-state index is 0.226. The number of hydrogen-bond acceptors (Lipinski definition) is 5. The highest BCUT2D eigenvalue weighted by molar-refractivity contribution is 9.10. The molecule has 0 unspecified atom stereocenters. The first-order valence-electron chi connectivity index (χ1n) is 10.2. The first-order valence-corrected chi connectivity index (χ1v) is 12.2. The van der Waals surface area contributed by atoms with Crippen LogP contribution in [0.3, 0.4) is 0 Å². The second-order valence-corrected chi connectivity index (χ2v) is 9.55. The van der Waals surface area contributed by atoms with Gasteiger partial charge in [0.1, 0.15) is 17.2 Å². The SMILES string of the molecule is O=C(CNC(=O)c1sc2ccccc2c1Cl)N/N=C/c1cccc(OCc2cccc(Br)c2)c1. The van der Waals surface area contributed by atoms with Crippen molar-refractivity contribution < 1.29 is 14.3 Å². The Balaban J connectivity index is 1.27. The summed E-state index contributed by atoms with van der Waals surface area (Å²) >= 11 is 11.0. The van der Waals surface area contributed by atoms with E-state index in [1.165, 1.54) is 17.6 Å². The minimum Gasteiger partial charge on any atom is -0.489 e. The van der Waals surface area contributed by atoms with E-state index in [4.69, 9.17) is 16.3 Å². The van der Waals surface area contributed by atoms with Crippen molar-refractivity contribution in [1.29, 1.82) is 0 Å². The number of nitrogens with zero attached hydrogens (tertiary/aromatic N) is 1. The molecule has 0 saturated heterocycles. The Labute approximate surface area is 213 Å². The highest BCUT2D eigenvalue weighted by atomic mass is 79.9. The summed E-state index contributed by atoms with van der Waals surface area (Å²) in [6, 6.07) is 22.7. The molecule has 1 heterocycles. The fraction of sp³-hybridized carbons (Fsp3) is 0.0800. The van der Waals surface area contributed by atoms with E-state index in [1.54, 1.807) is 0 Å². The third-order valence-corrected chi connectivity index (χ3v) is 6.87. The molecule has 0 aliphatic carbocycles. The predicted molar refractivity (Wildman–Crippen MR) is 140 cm³/mol. The van der Waals surface area contributed by atoms with Gasteiger partial charge in [-0.05, 0) is 41.5 Å². The Bertz CT molecular complexity index is 1370. The molecule has 172 valence electrons. The molecular formula is C25H19BrClN3O3S. The number of halogens is 2. The van der Waals surface area contributed by atoms with Gasteiger partial charge in [-0.3, -0.25) is 9.59 Å². The van der Waals surface area contributed by atoms with Gasteiger partial charge < -0.3 is 10.1 Å². The maximum atomic E-state index is 12.4. The van der Waals surface area contributed by atoms with Crippen molar-refractivity contribution in [2.75, 3.05) is 6.54 Å². The van der Waals surface area contributed by atoms with E-state index in [0.717, 1.165) is 25.7 Å². The lowest BCUT2D eigenvalue weighted by Crippen LogP contribution is -2.34. The Kier molecular flexibility index (Phi) is 7.95. The van der Waals surface area contributed by atoms with Crippen LogP contribution in [0.5, 0.6) is 5.75 Å². The van der Waals surface area contributed by atoms with Crippen LogP contribution >= 0.6 is 38.9 Å². The summed E-state index contributed by atoms with van der Waals surface area (Å²) in [7, 11) is 0. The number of benzene rings is 3. The molecule has 0 aliphatic heterocycles. The Morgan fingerprint density at radius 1 is 1.06 bits per heavy atom. The number of amides is 2. The van der Waals surface area contributed by atoms with Gasteiger partial charge in [0.2, 0.25) is 0 Å². The third-order valence-electron chi connectivity index (χ3n) is 4.71. The summed E-state index contributed by atoms with van der Waals surface area (Å²) in [6.45, 7) is 0.205. The molecule has 2 N–H and O–H groups in total. The van der Waals surface area contributed by atoms with Crippen LogP contribution in [0.4, 0.5) is 0 Å². The van der Waals surface area contributed by atoms with Gasteiger partial charge in [-0.15, -0.1) is 11.3 Å². The zero-order chi connectivity index (χ0) is 23.9. The highest BCUT2D eigenvalue weighted by Crippen LogP contribution is 2.34. The van der Waals surface area contributed by atoms with Crippen molar-refractivity contribution in [3.05, 3.63) is 98.3 Å². The van der Waals surface area contributed by atoms with Gasteiger partial charge in [0.15, 0.2) is 0 Å². The van der Waals surface area contributed by atoms with Gasteiger partial charge in [0.25, 0.3) is 11.8 Å². The second-order valence-electron chi connectivity index (χ2n) is 7.21. The van der Waals surface area contributed by atoms with E-state index in [-0.39, 0.29) is 6.54 Å². The standard InChI is InChI=1S/C25H19BrClN3O3S/c26-18-7-3-6-17(11-18)15-33-19-8-4-5-16(12-19)13-29-30-22(31)14-28-25(32)24-23(27)20-9-1-2-10-21(20)34-24/h1-13H,14-15H2,(H,28,32)(H,30,31)/b29-13+. The summed E-state index contributed by atoms with van der Waals surface area (Å²) in [6.07, 6.45) is 1.51. The molecule has 0 spiro atoms. The number of carbonyl (C=O) groups is 2. The van der Waals surface area contributed by atoms with Crippen LogP contribution in [-0.2, 0) is 11.4 Å². The lowest BCUT2D eigenvalue weighted by Gasteiger charge is -2.07. The van der Waals surface area contributed by atoms with Crippen molar-refractivity contribution in [2.24, 2.45) is 5.10 Å².